The van der Waals surface area contributed by atoms with E-state index in [1.54, 1.807) is 0 Å². The molecule has 112 valence electrons. The van der Waals surface area contributed by atoms with Gasteiger partial charge < -0.3 is 19.9 Å². The monoisotopic (exact) mass is 273 g/mol. The molecular formula is C14H27NO4. The first-order valence-electron chi connectivity index (χ1n) is 7.06. The summed E-state index contributed by atoms with van der Waals surface area (Å²) < 4.78 is 10.6. The van der Waals surface area contributed by atoms with E-state index in [2.05, 4.69) is 5.32 Å². The number of hydrogen-bond donors (Lipinski definition) is 2. The SMILES string of the molecule is CCOCC(NC(=O)OC(C)(C)C)C1(O)CCCC1. The van der Waals surface area contributed by atoms with Crippen LogP contribution < -0.4 is 5.32 Å². The Balaban J connectivity index is 2.61. The first-order valence-corrected chi connectivity index (χ1v) is 7.06. The Morgan fingerprint density at radius 1 is 1.37 bits per heavy atom. The highest BCUT2D eigenvalue weighted by Crippen LogP contribution is 2.32. The van der Waals surface area contributed by atoms with Crippen LogP contribution in [0.5, 0.6) is 0 Å². The van der Waals surface area contributed by atoms with Crippen LogP contribution in [0.2, 0.25) is 0 Å². The van der Waals surface area contributed by atoms with E-state index in [0.29, 0.717) is 26.1 Å². The van der Waals surface area contributed by atoms with E-state index in [1.165, 1.54) is 0 Å². The van der Waals surface area contributed by atoms with Crippen molar-refractivity contribution >= 4 is 6.09 Å². The van der Waals surface area contributed by atoms with Crippen LogP contribution in [-0.4, -0.2) is 41.7 Å². The summed E-state index contributed by atoms with van der Waals surface area (Å²) in [5, 5.41) is 13.3. The summed E-state index contributed by atoms with van der Waals surface area (Å²) in [6.45, 7) is 8.20. The first kappa shape index (κ1) is 16.2. The molecule has 0 aromatic carbocycles. The fraction of sp³-hybridized carbons (Fsp3) is 0.929. The third-order valence-corrected chi connectivity index (χ3v) is 3.30. The van der Waals surface area contributed by atoms with Crippen molar-refractivity contribution in [2.24, 2.45) is 0 Å². The minimum absolute atomic E-state index is 0.312. The number of aliphatic hydroxyl groups is 1. The molecule has 1 atom stereocenters. The molecule has 0 aliphatic heterocycles. The minimum Gasteiger partial charge on any atom is -0.444 e. The van der Waals surface area contributed by atoms with E-state index in [0.717, 1.165) is 12.8 Å². The predicted octanol–water partition coefficient (Wildman–Crippen LogP) is 2.22. The fourth-order valence-corrected chi connectivity index (χ4v) is 2.35. The van der Waals surface area contributed by atoms with E-state index in [1.807, 2.05) is 27.7 Å². The number of ether oxygens (including phenoxy) is 2. The summed E-state index contributed by atoms with van der Waals surface area (Å²) in [5.74, 6) is 0. The van der Waals surface area contributed by atoms with Gasteiger partial charge in [-0.05, 0) is 40.5 Å². The number of alkyl carbamates (subject to hydrolysis) is 1. The number of hydrogen-bond acceptors (Lipinski definition) is 4. The van der Waals surface area contributed by atoms with E-state index < -0.39 is 23.3 Å². The maximum absolute atomic E-state index is 11.8. The van der Waals surface area contributed by atoms with E-state index in [4.69, 9.17) is 9.47 Å². The quantitative estimate of drug-likeness (QED) is 0.806. The van der Waals surface area contributed by atoms with Gasteiger partial charge in [0.1, 0.15) is 5.60 Å². The molecule has 5 nitrogen and oxygen atoms in total. The molecule has 0 aromatic rings. The Morgan fingerprint density at radius 3 is 2.42 bits per heavy atom. The molecule has 0 bridgehead atoms. The molecule has 5 heteroatoms. The molecular weight excluding hydrogens is 246 g/mol. The molecule has 1 amide bonds. The second-order valence-corrected chi connectivity index (χ2v) is 6.17. The molecule has 1 rings (SSSR count). The number of nitrogens with one attached hydrogen (secondary N) is 1. The first-order chi connectivity index (χ1) is 8.77. The van der Waals surface area contributed by atoms with Gasteiger partial charge in [0, 0.05) is 6.61 Å². The molecule has 0 saturated heterocycles. The van der Waals surface area contributed by atoms with Crippen molar-refractivity contribution in [3.05, 3.63) is 0 Å². The van der Waals surface area contributed by atoms with Crippen molar-refractivity contribution in [3.63, 3.8) is 0 Å². The highest BCUT2D eigenvalue weighted by atomic mass is 16.6. The smallest absolute Gasteiger partial charge is 0.408 e. The number of rotatable bonds is 5. The van der Waals surface area contributed by atoms with Crippen molar-refractivity contribution in [1.29, 1.82) is 0 Å². The van der Waals surface area contributed by atoms with Gasteiger partial charge >= 0.3 is 6.09 Å². The summed E-state index contributed by atoms with van der Waals surface area (Å²) in [7, 11) is 0. The van der Waals surface area contributed by atoms with Crippen molar-refractivity contribution in [2.45, 2.75) is 70.6 Å². The molecule has 0 heterocycles. The number of carbonyl (C=O) groups excluding carboxylic acids is 1. The van der Waals surface area contributed by atoms with Crippen molar-refractivity contribution < 1.29 is 19.4 Å². The van der Waals surface area contributed by atoms with Gasteiger partial charge in [-0.15, -0.1) is 0 Å². The average Bonchev–Trinajstić information content (AvgIpc) is 2.70. The zero-order valence-electron chi connectivity index (χ0n) is 12.5. The van der Waals surface area contributed by atoms with E-state index >= 15 is 0 Å². The third kappa shape index (κ3) is 5.37. The van der Waals surface area contributed by atoms with Gasteiger partial charge in [0.2, 0.25) is 0 Å². The maximum atomic E-state index is 11.8. The van der Waals surface area contributed by atoms with Crippen LogP contribution in [0.4, 0.5) is 4.79 Å². The molecule has 0 aromatic heterocycles. The summed E-state index contributed by atoms with van der Waals surface area (Å²) in [6, 6.07) is -0.412. The maximum Gasteiger partial charge on any atom is 0.408 e. The van der Waals surface area contributed by atoms with Gasteiger partial charge in [-0.25, -0.2) is 4.79 Å². The highest BCUT2D eigenvalue weighted by Gasteiger charge is 2.41. The van der Waals surface area contributed by atoms with Gasteiger partial charge in [-0.1, -0.05) is 12.8 Å². The lowest BCUT2D eigenvalue weighted by molar-refractivity contribution is -0.0310. The van der Waals surface area contributed by atoms with Crippen LogP contribution in [0.15, 0.2) is 0 Å². The summed E-state index contributed by atoms with van der Waals surface area (Å²) in [5.41, 5.74) is -1.41. The molecule has 1 aliphatic carbocycles. The van der Waals surface area contributed by atoms with Crippen LogP contribution in [0.3, 0.4) is 0 Å². The Kier molecular flexibility index (Phi) is 5.62. The van der Waals surface area contributed by atoms with Crippen LogP contribution in [0.25, 0.3) is 0 Å². The zero-order chi connectivity index (χ0) is 14.5. The normalized spacial score (nSPS) is 20.1. The van der Waals surface area contributed by atoms with Crippen LogP contribution >= 0.6 is 0 Å². The second kappa shape index (κ2) is 6.57. The third-order valence-electron chi connectivity index (χ3n) is 3.30. The van der Waals surface area contributed by atoms with Crippen molar-refractivity contribution in [1.82, 2.24) is 5.32 Å². The van der Waals surface area contributed by atoms with Crippen molar-refractivity contribution in [3.8, 4) is 0 Å². The van der Waals surface area contributed by atoms with Gasteiger partial charge in [-0.3, -0.25) is 0 Å². The molecule has 19 heavy (non-hydrogen) atoms. The Bertz CT molecular complexity index is 292. The van der Waals surface area contributed by atoms with Gasteiger partial charge in [0.15, 0.2) is 0 Å². The van der Waals surface area contributed by atoms with Gasteiger partial charge in [-0.2, -0.15) is 0 Å². The lowest BCUT2D eigenvalue weighted by atomic mass is 9.93. The Hall–Kier alpha value is -0.810. The topological polar surface area (TPSA) is 67.8 Å². The van der Waals surface area contributed by atoms with E-state index in [9.17, 15) is 9.90 Å². The lowest BCUT2D eigenvalue weighted by Crippen LogP contribution is -2.54. The molecule has 1 saturated carbocycles. The molecule has 0 radical (unpaired) electrons. The van der Waals surface area contributed by atoms with Crippen LogP contribution in [-0.2, 0) is 9.47 Å². The van der Waals surface area contributed by atoms with E-state index in [-0.39, 0.29) is 0 Å². The van der Waals surface area contributed by atoms with Gasteiger partial charge in [0.05, 0.1) is 18.2 Å². The standard InChI is InChI=1S/C14H27NO4/c1-5-18-10-11(14(17)8-6-7-9-14)15-12(16)19-13(2,3)4/h11,17H,5-10H2,1-4H3,(H,15,16). The molecule has 1 aliphatic rings. The van der Waals surface area contributed by atoms with Crippen LogP contribution in [0, 0.1) is 0 Å². The molecule has 2 N–H and O–H groups in total. The average molecular weight is 273 g/mol. The van der Waals surface area contributed by atoms with Crippen LogP contribution in [0.1, 0.15) is 53.4 Å². The second-order valence-electron chi connectivity index (χ2n) is 6.17. The molecule has 1 fully saturated rings. The molecule has 1 unspecified atom stereocenters. The lowest BCUT2D eigenvalue weighted by Gasteiger charge is -2.33. The fourth-order valence-electron chi connectivity index (χ4n) is 2.35. The predicted molar refractivity (Wildman–Crippen MR) is 73.1 cm³/mol. The minimum atomic E-state index is -0.869. The number of amides is 1. The number of carbonyl (C=O) groups is 1. The zero-order valence-corrected chi connectivity index (χ0v) is 12.5. The largest absolute Gasteiger partial charge is 0.444 e. The van der Waals surface area contributed by atoms with Crippen molar-refractivity contribution in [2.75, 3.05) is 13.2 Å². The Morgan fingerprint density at radius 2 is 1.95 bits per heavy atom. The molecule has 0 spiro atoms. The summed E-state index contributed by atoms with van der Waals surface area (Å²) in [6.07, 6.45) is 2.85. The summed E-state index contributed by atoms with van der Waals surface area (Å²) in [4.78, 5) is 11.8. The summed E-state index contributed by atoms with van der Waals surface area (Å²) >= 11 is 0. The van der Waals surface area contributed by atoms with Gasteiger partial charge in [0.25, 0.3) is 0 Å². The Labute approximate surface area is 115 Å². The highest BCUT2D eigenvalue weighted by molar-refractivity contribution is 5.68.